The fourth-order valence-corrected chi connectivity index (χ4v) is 4.85. The number of nitrogens with two attached hydrogens (primary N) is 1. The average molecular weight is 524 g/mol. The molecule has 1 saturated heterocycles. The number of benzene rings is 1. The molecule has 1 saturated carbocycles. The van der Waals surface area contributed by atoms with Crippen molar-refractivity contribution in [2.75, 3.05) is 45.6 Å². The summed E-state index contributed by atoms with van der Waals surface area (Å²) >= 11 is 0. The first-order valence-electron chi connectivity index (χ1n) is 13.4. The maximum absolute atomic E-state index is 12.5. The van der Waals surface area contributed by atoms with Crippen molar-refractivity contribution >= 4 is 22.8 Å². The van der Waals surface area contributed by atoms with E-state index in [0.717, 1.165) is 67.9 Å². The molecule has 0 spiro atoms. The molecule has 2 aromatic heterocycles. The van der Waals surface area contributed by atoms with E-state index < -0.39 is 6.10 Å². The number of aromatic amines is 1. The Balaban J connectivity index is 1.23. The number of carbonyl (C=O) groups is 1. The number of aliphatic hydroxyl groups excluding tert-OH is 1. The van der Waals surface area contributed by atoms with E-state index in [1.165, 1.54) is 0 Å². The quantitative estimate of drug-likeness (QED) is 0.322. The SMILES string of the molecule is CCCCOc1nc(N)c2[nH]nc(Cc3ccc(CN4CCN(C(=O)[C@@H](O)C5CC5)CC4)cc3OC)c2n1. The number of hydrogen-bond acceptors (Lipinski definition) is 9. The summed E-state index contributed by atoms with van der Waals surface area (Å²) in [6.45, 7) is 6.22. The minimum absolute atomic E-state index is 0.115. The highest BCUT2D eigenvalue weighted by atomic mass is 16.5. The fourth-order valence-electron chi connectivity index (χ4n) is 4.85. The number of nitrogens with one attached hydrogen (secondary N) is 1. The van der Waals surface area contributed by atoms with Crippen molar-refractivity contribution < 1.29 is 19.4 Å². The standard InChI is InChI=1S/C27H37N7O4/c1-3-4-13-38-27-29-22-20(31-32-23(22)25(28)30-27)15-19-6-5-17(14-21(19)37-2)16-33-9-11-34(12-10-33)26(36)24(35)18-7-8-18/h5-6,14,18,24,35H,3-4,7-13,15-16H2,1-2H3,(H,31,32)(H2,28,29,30)/t24-/m0/s1. The molecule has 4 N–H and O–H groups in total. The lowest BCUT2D eigenvalue weighted by Gasteiger charge is -2.35. The van der Waals surface area contributed by atoms with Gasteiger partial charge in [-0.25, -0.2) is 0 Å². The molecule has 1 amide bonds. The molecule has 3 heterocycles. The first-order valence-corrected chi connectivity index (χ1v) is 13.4. The van der Waals surface area contributed by atoms with E-state index in [0.29, 0.717) is 43.0 Å². The number of nitrogen functional groups attached to an aromatic ring is 1. The minimum Gasteiger partial charge on any atom is -0.496 e. The van der Waals surface area contributed by atoms with Crippen LogP contribution in [0.25, 0.3) is 11.0 Å². The first kappa shape index (κ1) is 26.2. The van der Waals surface area contributed by atoms with Crippen molar-refractivity contribution in [3.63, 3.8) is 0 Å². The summed E-state index contributed by atoms with van der Waals surface area (Å²) in [4.78, 5) is 25.4. The summed E-state index contributed by atoms with van der Waals surface area (Å²) in [5.41, 5.74) is 10.2. The molecule has 0 unspecified atom stereocenters. The Bertz CT molecular complexity index is 1270. The molecule has 0 bridgehead atoms. The largest absolute Gasteiger partial charge is 0.496 e. The number of piperazine rings is 1. The van der Waals surface area contributed by atoms with Crippen LogP contribution in [0.3, 0.4) is 0 Å². The van der Waals surface area contributed by atoms with Crippen LogP contribution < -0.4 is 15.2 Å². The van der Waals surface area contributed by atoms with Crippen LogP contribution in [0.4, 0.5) is 5.82 Å². The molecule has 2 aliphatic rings. The van der Waals surface area contributed by atoms with Crippen molar-refractivity contribution in [1.82, 2.24) is 30.0 Å². The lowest BCUT2D eigenvalue weighted by Crippen LogP contribution is -2.51. The molecular formula is C27H37N7O4. The van der Waals surface area contributed by atoms with Crippen LogP contribution in [0.2, 0.25) is 0 Å². The molecule has 1 aliphatic carbocycles. The van der Waals surface area contributed by atoms with Crippen LogP contribution in [0.15, 0.2) is 18.2 Å². The number of H-pyrrole nitrogens is 1. The Labute approximate surface area is 222 Å². The van der Waals surface area contributed by atoms with Gasteiger partial charge in [0.05, 0.1) is 19.4 Å². The number of rotatable bonds is 11. The third-order valence-electron chi connectivity index (χ3n) is 7.34. The Hall–Kier alpha value is -3.44. The average Bonchev–Trinajstić information content (AvgIpc) is 3.70. The van der Waals surface area contributed by atoms with Gasteiger partial charge in [-0.1, -0.05) is 25.5 Å². The van der Waals surface area contributed by atoms with Gasteiger partial charge in [-0.2, -0.15) is 15.1 Å². The van der Waals surface area contributed by atoms with Crippen LogP contribution in [0.1, 0.15) is 49.4 Å². The van der Waals surface area contributed by atoms with Crippen molar-refractivity contribution in [3.8, 4) is 11.8 Å². The highest BCUT2D eigenvalue weighted by Crippen LogP contribution is 2.33. The highest BCUT2D eigenvalue weighted by molar-refractivity contribution is 5.86. The number of hydrogen-bond donors (Lipinski definition) is 3. The van der Waals surface area contributed by atoms with Crippen LogP contribution in [-0.4, -0.2) is 87.0 Å². The molecule has 2 fully saturated rings. The smallest absolute Gasteiger partial charge is 0.319 e. The summed E-state index contributed by atoms with van der Waals surface area (Å²) in [6.07, 6.45) is 3.53. The maximum Gasteiger partial charge on any atom is 0.319 e. The zero-order valence-corrected chi connectivity index (χ0v) is 22.2. The Kier molecular flexibility index (Phi) is 7.94. The number of anilines is 1. The normalized spacial score (nSPS) is 17.1. The van der Waals surface area contributed by atoms with E-state index in [-0.39, 0.29) is 17.8 Å². The molecule has 11 heteroatoms. The topological polar surface area (TPSA) is 143 Å². The molecule has 38 heavy (non-hydrogen) atoms. The zero-order chi connectivity index (χ0) is 26.6. The van der Waals surface area contributed by atoms with E-state index in [1.54, 1.807) is 12.0 Å². The minimum atomic E-state index is -0.826. The van der Waals surface area contributed by atoms with Gasteiger partial charge in [0.15, 0.2) is 5.82 Å². The van der Waals surface area contributed by atoms with Gasteiger partial charge in [-0.05, 0) is 36.8 Å². The summed E-state index contributed by atoms with van der Waals surface area (Å²) in [6, 6.07) is 6.48. The van der Waals surface area contributed by atoms with Crippen LogP contribution in [0.5, 0.6) is 11.8 Å². The Morgan fingerprint density at radius 1 is 1.24 bits per heavy atom. The molecule has 1 atom stereocenters. The van der Waals surface area contributed by atoms with Gasteiger partial charge in [0.25, 0.3) is 5.91 Å². The Morgan fingerprint density at radius 3 is 2.74 bits per heavy atom. The summed E-state index contributed by atoms with van der Waals surface area (Å²) in [5, 5.41) is 17.6. The molecule has 0 radical (unpaired) electrons. The zero-order valence-electron chi connectivity index (χ0n) is 22.2. The molecular weight excluding hydrogens is 486 g/mol. The van der Waals surface area contributed by atoms with Crippen molar-refractivity contribution in [1.29, 1.82) is 0 Å². The third kappa shape index (κ3) is 5.83. The molecule has 1 aromatic carbocycles. The Morgan fingerprint density at radius 2 is 2.03 bits per heavy atom. The second-order valence-corrected chi connectivity index (χ2v) is 10.2. The van der Waals surface area contributed by atoms with E-state index in [2.05, 4.69) is 50.2 Å². The lowest BCUT2D eigenvalue weighted by atomic mass is 10.0. The number of unbranched alkanes of at least 4 members (excludes halogenated alkanes) is 1. The van der Waals surface area contributed by atoms with Gasteiger partial charge in [0, 0.05) is 44.7 Å². The number of amides is 1. The van der Waals surface area contributed by atoms with Crippen molar-refractivity contribution in [2.24, 2.45) is 5.92 Å². The lowest BCUT2D eigenvalue weighted by molar-refractivity contribution is -0.143. The summed E-state index contributed by atoms with van der Waals surface area (Å²) < 4.78 is 11.4. The van der Waals surface area contributed by atoms with Crippen molar-refractivity contribution in [2.45, 2.75) is 51.7 Å². The van der Waals surface area contributed by atoms with Gasteiger partial charge in [0.1, 0.15) is 22.9 Å². The van der Waals surface area contributed by atoms with E-state index >= 15 is 0 Å². The summed E-state index contributed by atoms with van der Waals surface area (Å²) in [7, 11) is 1.67. The van der Waals surface area contributed by atoms with Crippen LogP contribution in [0, 0.1) is 5.92 Å². The van der Waals surface area contributed by atoms with Gasteiger partial charge in [0.2, 0.25) is 0 Å². The van der Waals surface area contributed by atoms with Gasteiger partial charge in [-0.3, -0.25) is 14.8 Å². The molecule has 204 valence electrons. The maximum atomic E-state index is 12.5. The number of carbonyl (C=O) groups excluding carboxylic acids is 1. The number of aliphatic hydroxyl groups is 1. The van der Waals surface area contributed by atoms with E-state index in [4.69, 9.17) is 15.2 Å². The number of ether oxygens (including phenoxy) is 2. The summed E-state index contributed by atoms with van der Waals surface area (Å²) in [5.74, 6) is 1.14. The molecule has 11 nitrogen and oxygen atoms in total. The van der Waals surface area contributed by atoms with Crippen LogP contribution in [-0.2, 0) is 17.8 Å². The number of methoxy groups -OCH3 is 1. The predicted octanol–water partition coefficient (Wildman–Crippen LogP) is 2.13. The monoisotopic (exact) mass is 523 g/mol. The molecule has 1 aliphatic heterocycles. The number of nitrogens with zero attached hydrogens (tertiary/aromatic N) is 5. The number of fused-ring (bicyclic) bond motifs is 1. The van der Waals surface area contributed by atoms with E-state index in [1.807, 2.05) is 0 Å². The second kappa shape index (κ2) is 11.5. The molecule has 3 aromatic rings. The highest BCUT2D eigenvalue weighted by Gasteiger charge is 2.37. The van der Waals surface area contributed by atoms with Gasteiger partial charge in [-0.15, -0.1) is 0 Å². The second-order valence-electron chi connectivity index (χ2n) is 10.2. The predicted molar refractivity (Wildman–Crippen MR) is 143 cm³/mol. The first-order chi connectivity index (χ1) is 18.5. The van der Waals surface area contributed by atoms with Gasteiger partial charge < -0.3 is 25.2 Å². The fraction of sp³-hybridized carbons (Fsp3) is 0.556. The van der Waals surface area contributed by atoms with Gasteiger partial charge >= 0.3 is 6.01 Å². The third-order valence-corrected chi connectivity index (χ3v) is 7.34. The van der Waals surface area contributed by atoms with Crippen LogP contribution >= 0.6 is 0 Å². The van der Waals surface area contributed by atoms with E-state index in [9.17, 15) is 9.90 Å². The molecule has 5 rings (SSSR count). The number of aromatic nitrogens is 4. The van der Waals surface area contributed by atoms with Crippen molar-refractivity contribution in [3.05, 3.63) is 35.0 Å².